The Balaban J connectivity index is 2.54. The Morgan fingerprint density at radius 2 is 2.00 bits per heavy atom. The molecule has 3 nitrogen and oxygen atoms in total. The first-order valence-electron chi connectivity index (χ1n) is 5.88. The van der Waals surface area contributed by atoms with Crippen LogP contribution in [-0.4, -0.2) is 25.5 Å². The fourth-order valence-electron chi connectivity index (χ4n) is 1.57. The molecule has 1 unspecified atom stereocenters. The topological polar surface area (TPSA) is 41.1 Å². The minimum absolute atomic E-state index is 0.145. The number of benzene rings is 1. The van der Waals surface area contributed by atoms with Crippen molar-refractivity contribution < 1.29 is 9.18 Å². The first kappa shape index (κ1) is 13.6. The van der Waals surface area contributed by atoms with E-state index < -0.39 is 0 Å². The zero-order valence-corrected chi connectivity index (χ0v) is 10.3. The number of halogens is 1. The van der Waals surface area contributed by atoms with Crippen LogP contribution in [0.15, 0.2) is 24.3 Å². The summed E-state index contributed by atoms with van der Waals surface area (Å²) in [7, 11) is 1.88. The molecule has 1 aromatic rings. The van der Waals surface area contributed by atoms with Gasteiger partial charge < -0.3 is 10.6 Å². The molecule has 0 saturated heterocycles. The van der Waals surface area contributed by atoms with E-state index in [1.807, 2.05) is 14.0 Å². The summed E-state index contributed by atoms with van der Waals surface area (Å²) in [4.78, 5) is 11.8. The van der Waals surface area contributed by atoms with Crippen molar-refractivity contribution in [2.24, 2.45) is 0 Å². The monoisotopic (exact) mass is 238 g/mol. The fourth-order valence-corrected chi connectivity index (χ4v) is 1.57. The highest BCUT2D eigenvalue weighted by Gasteiger charge is 2.11. The molecule has 4 heteroatoms. The van der Waals surface area contributed by atoms with Gasteiger partial charge in [-0.3, -0.25) is 4.79 Å². The lowest BCUT2D eigenvalue weighted by Gasteiger charge is -2.16. The number of rotatable bonds is 6. The van der Waals surface area contributed by atoms with E-state index in [1.54, 1.807) is 0 Å². The number of carbonyl (C=O) groups excluding carboxylic acids is 1. The van der Waals surface area contributed by atoms with Crippen LogP contribution in [-0.2, 0) is 0 Å². The van der Waals surface area contributed by atoms with E-state index in [0.717, 1.165) is 19.4 Å². The summed E-state index contributed by atoms with van der Waals surface area (Å²) in [6, 6.07) is 5.73. The summed E-state index contributed by atoms with van der Waals surface area (Å²) in [6.07, 6.45) is 1.77. The molecular weight excluding hydrogens is 219 g/mol. The Morgan fingerprint density at radius 1 is 1.35 bits per heavy atom. The lowest BCUT2D eigenvalue weighted by molar-refractivity contribution is 0.0934. The van der Waals surface area contributed by atoms with E-state index in [0.29, 0.717) is 5.56 Å². The number of hydrogen-bond donors (Lipinski definition) is 2. The maximum Gasteiger partial charge on any atom is 0.251 e. The van der Waals surface area contributed by atoms with Gasteiger partial charge in [0.15, 0.2) is 0 Å². The van der Waals surface area contributed by atoms with Crippen molar-refractivity contribution in [2.45, 2.75) is 25.8 Å². The SMILES string of the molecule is CCC(CCNC)NC(=O)c1ccc(F)cc1. The van der Waals surface area contributed by atoms with E-state index in [1.165, 1.54) is 24.3 Å². The molecule has 1 amide bonds. The third-order valence-corrected chi connectivity index (χ3v) is 2.68. The molecule has 17 heavy (non-hydrogen) atoms. The first-order valence-corrected chi connectivity index (χ1v) is 5.88. The van der Waals surface area contributed by atoms with Crippen LogP contribution in [0.4, 0.5) is 4.39 Å². The lowest BCUT2D eigenvalue weighted by Crippen LogP contribution is -2.36. The second kappa shape index (κ2) is 7.01. The highest BCUT2D eigenvalue weighted by atomic mass is 19.1. The quantitative estimate of drug-likeness (QED) is 0.795. The Bertz CT molecular complexity index is 351. The molecule has 0 fully saturated rings. The molecule has 0 radical (unpaired) electrons. The van der Waals surface area contributed by atoms with E-state index >= 15 is 0 Å². The van der Waals surface area contributed by atoms with Crippen LogP contribution in [0, 0.1) is 5.82 Å². The summed E-state index contributed by atoms with van der Waals surface area (Å²) in [5, 5.41) is 5.99. The fraction of sp³-hybridized carbons (Fsp3) is 0.462. The average molecular weight is 238 g/mol. The van der Waals surface area contributed by atoms with Gasteiger partial charge in [-0.1, -0.05) is 6.92 Å². The van der Waals surface area contributed by atoms with Crippen LogP contribution in [0.5, 0.6) is 0 Å². The van der Waals surface area contributed by atoms with E-state index in [4.69, 9.17) is 0 Å². The smallest absolute Gasteiger partial charge is 0.251 e. The van der Waals surface area contributed by atoms with Crippen LogP contribution < -0.4 is 10.6 Å². The van der Waals surface area contributed by atoms with Crippen LogP contribution in [0.2, 0.25) is 0 Å². The molecule has 0 bridgehead atoms. The molecule has 94 valence electrons. The van der Waals surface area contributed by atoms with Crippen molar-refractivity contribution in [1.29, 1.82) is 0 Å². The van der Waals surface area contributed by atoms with Gasteiger partial charge in [-0.25, -0.2) is 4.39 Å². The molecule has 1 aromatic carbocycles. The highest BCUT2D eigenvalue weighted by molar-refractivity contribution is 5.94. The number of nitrogens with one attached hydrogen (secondary N) is 2. The maximum absolute atomic E-state index is 12.7. The first-order chi connectivity index (χ1) is 8.17. The van der Waals surface area contributed by atoms with Gasteiger partial charge in [-0.05, 0) is 50.7 Å². The average Bonchev–Trinajstić information content (AvgIpc) is 2.35. The van der Waals surface area contributed by atoms with E-state index in [-0.39, 0.29) is 17.8 Å². The normalized spacial score (nSPS) is 12.2. The van der Waals surface area contributed by atoms with Crippen molar-refractivity contribution in [3.8, 4) is 0 Å². The highest BCUT2D eigenvalue weighted by Crippen LogP contribution is 2.04. The largest absolute Gasteiger partial charge is 0.349 e. The molecule has 0 spiro atoms. The van der Waals surface area contributed by atoms with Gasteiger partial charge in [-0.2, -0.15) is 0 Å². The third-order valence-electron chi connectivity index (χ3n) is 2.68. The Morgan fingerprint density at radius 3 is 2.53 bits per heavy atom. The number of hydrogen-bond acceptors (Lipinski definition) is 2. The van der Waals surface area contributed by atoms with Crippen LogP contribution in [0.3, 0.4) is 0 Å². The second-order valence-electron chi connectivity index (χ2n) is 3.98. The van der Waals surface area contributed by atoms with Crippen LogP contribution >= 0.6 is 0 Å². The predicted octanol–water partition coefficient (Wildman–Crippen LogP) is 1.94. The van der Waals surface area contributed by atoms with Crippen molar-refractivity contribution in [3.63, 3.8) is 0 Å². The minimum Gasteiger partial charge on any atom is -0.349 e. The van der Waals surface area contributed by atoms with Crippen LogP contribution in [0.1, 0.15) is 30.1 Å². The Labute approximate surface area is 101 Å². The summed E-state index contributed by atoms with van der Waals surface area (Å²) in [6.45, 7) is 2.90. The van der Waals surface area contributed by atoms with Gasteiger partial charge in [0, 0.05) is 11.6 Å². The van der Waals surface area contributed by atoms with Crippen molar-refractivity contribution >= 4 is 5.91 Å². The predicted molar refractivity (Wildman–Crippen MR) is 66.5 cm³/mol. The standard InChI is InChI=1S/C13H19FN2O/c1-3-12(8-9-15-2)16-13(17)10-4-6-11(14)7-5-10/h4-7,12,15H,3,8-9H2,1-2H3,(H,16,17). The summed E-state index contributed by atoms with van der Waals surface area (Å²) >= 11 is 0. The zero-order valence-electron chi connectivity index (χ0n) is 10.3. The molecule has 0 aliphatic carbocycles. The second-order valence-corrected chi connectivity index (χ2v) is 3.98. The van der Waals surface area contributed by atoms with E-state index in [9.17, 15) is 9.18 Å². The zero-order chi connectivity index (χ0) is 12.7. The Hall–Kier alpha value is -1.42. The minimum atomic E-state index is -0.330. The molecule has 2 N–H and O–H groups in total. The van der Waals surface area contributed by atoms with Gasteiger partial charge >= 0.3 is 0 Å². The molecule has 0 saturated carbocycles. The molecule has 0 heterocycles. The van der Waals surface area contributed by atoms with Gasteiger partial charge in [0.2, 0.25) is 0 Å². The summed E-state index contributed by atoms with van der Waals surface area (Å²) < 4.78 is 12.7. The Kier molecular flexibility index (Phi) is 5.63. The van der Waals surface area contributed by atoms with Crippen molar-refractivity contribution in [3.05, 3.63) is 35.6 Å². The molecule has 1 rings (SSSR count). The van der Waals surface area contributed by atoms with E-state index in [2.05, 4.69) is 10.6 Å². The number of carbonyl (C=O) groups is 1. The van der Waals surface area contributed by atoms with Crippen molar-refractivity contribution in [1.82, 2.24) is 10.6 Å². The third kappa shape index (κ3) is 4.53. The van der Waals surface area contributed by atoms with Crippen molar-refractivity contribution in [2.75, 3.05) is 13.6 Å². The lowest BCUT2D eigenvalue weighted by atomic mass is 10.1. The number of amides is 1. The van der Waals surface area contributed by atoms with Gasteiger partial charge in [0.25, 0.3) is 5.91 Å². The molecule has 0 aliphatic rings. The maximum atomic E-state index is 12.7. The van der Waals surface area contributed by atoms with Gasteiger partial charge in [0.05, 0.1) is 0 Å². The van der Waals surface area contributed by atoms with Crippen LogP contribution in [0.25, 0.3) is 0 Å². The molecule has 0 aliphatic heterocycles. The molecule has 0 aromatic heterocycles. The molecule has 1 atom stereocenters. The molecular formula is C13H19FN2O. The summed E-state index contributed by atoms with van der Waals surface area (Å²) in [5.41, 5.74) is 0.495. The van der Waals surface area contributed by atoms with Gasteiger partial charge in [-0.15, -0.1) is 0 Å². The summed E-state index contributed by atoms with van der Waals surface area (Å²) in [5.74, 6) is -0.475. The van der Waals surface area contributed by atoms with Gasteiger partial charge in [0.1, 0.15) is 5.82 Å².